The van der Waals surface area contributed by atoms with Gasteiger partial charge in [0.05, 0.1) is 49.8 Å². The van der Waals surface area contributed by atoms with Gasteiger partial charge in [0.25, 0.3) is 5.56 Å². The number of allylic oxidation sites excluding steroid dienone is 1. The molecule has 1 aliphatic heterocycles. The summed E-state index contributed by atoms with van der Waals surface area (Å²) >= 11 is 1.28. The van der Waals surface area contributed by atoms with E-state index in [0.29, 0.717) is 44.4 Å². The number of carbonyl (C=O) groups excluding carboxylic acids is 1. The standard InChI is InChI=1S/C35H33N3O6S/c1-6-44-34(40)30-21(2)36-35-38(31(30)23-16-27(41-3)32(43-5)28(17-23)42-4)33(39)29(45-35)18-24-20-37(19-22-12-8-7-9-13-22)26-15-11-10-14-25(24)26/h7-18,20,31H,6,19H2,1-5H3/b29-18-/t31-/m0/s1. The smallest absolute Gasteiger partial charge is 0.338 e. The van der Waals surface area contributed by atoms with Crippen molar-refractivity contribution in [3.63, 3.8) is 0 Å². The Morgan fingerprint density at radius 3 is 2.33 bits per heavy atom. The number of hydrogen-bond acceptors (Lipinski definition) is 8. The second-order valence-electron chi connectivity index (χ2n) is 10.5. The van der Waals surface area contributed by atoms with Crippen LogP contribution in [0.15, 0.2) is 94.0 Å². The van der Waals surface area contributed by atoms with Gasteiger partial charge in [-0.3, -0.25) is 9.36 Å². The van der Waals surface area contributed by atoms with E-state index in [1.807, 2.05) is 36.4 Å². The van der Waals surface area contributed by atoms with Crippen molar-refractivity contribution < 1.29 is 23.7 Å². The highest BCUT2D eigenvalue weighted by atomic mass is 32.1. The van der Waals surface area contributed by atoms with Crippen LogP contribution in [0.4, 0.5) is 0 Å². The Morgan fingerprint density at radius 2 is 1.67 bits per heavy atom. The lowest BCUT2D eigenvalue weighted by Gasteiger charge is -2.26. The van der Waals surface area contributed by atoms with Gasteiger partial charge in [0.2, 0.25) is 5.75 Å². The predicted octanol–water partition coefficient (Wildman–Crippen LogP) is 4.83. The van der Waals surface area contributed by atoms with Crippen LogP contribution in [0.5, 0.6) is 17.2 Å². The molecule has 0 saturated carbocycles. The summed E-state index contributed by atoms with van der Waals surface area (Å²) in [6.45, 7) is 4.37. The Bertz CT molecular complexity index is 2100. The van der Waals surface area contributed by atoms with Gasteiger partial charge in [-0.25, -0.2) is 9.79 Å². The summed E-state index contributed by atoms with van der Waals surface area (Å²) < 4.78 is 26.4. The van der Waals surface area contributed by atoms with Crippen LogP contribution in [0.2, 0.25) is 0 Å². The van der Waals surface area contributed by atoms with Crippen molar-refractivity contribution in [2.75, 3.05) is 27.9 Å². The number of rotatable bonds is 9. The van der Waals surface area contributed by atoms with Gasteiger partial charge in [0.1, 0.15) is 0 Å². The minimum atomic E-state index is -0.837. The first-order valence-corrected chi connectivity index (χ1v) is 15.3. The van der Waals surface area contributed by atoms with E-state index in [4.69, 9.17) is 23.9 Å². The van der Waals surface area contributed by atoms with Gasteiger partial charge in [0, 0.05) is 29.2 Å². The number of carbonyl (C=O) groups is 1. The summed E-state index contributed by atoms with van der Waals surface area (Å²) in [7, 11) is 4.57. The molecule has 0 amide bonds. The topological polar surface area (TPSA) is 93.3 Å². The highest BCUT2D eigenvalue weighted by molar-refractivity contribution is 7.07. The first-order valence-electron chi connectivity index (χ1n) is 14.5. The summed E-state index contributed by atoms with van der Waals surface area (Å²) in [5.41, 5.74) is 4.22. The van der Waals surface area contributed by atoms with Crippen LogP contribution in [-0.4, -0.2) is 43.0 Å². The maximum atomic E-state index is 14.3. The molecule has 1 aliphatic rings. The number of hydrogen-bond donors (Lipinski definition) is 0. The lowest BCUT2D eigenvalue weighted by molar-refractivity contribution is -0.139. The Kier molecular flexibility index (Phi) is 8.32. The number of aromatic nitrogens is 2. The molecular formula is C35H33N3O6S. The zero-order chi connectivity index (χ0) is 31.7. The van der Waals surface area contributed by atoms with Crippen molar-refractivity contribution in [1.29, 1.82) is 0 Å². The highest BCUT2D eigenvalue weighted by Crippen LogP contribution is 2.42. The Hall–Kier alpha value is -5.09. The molecule has 3 heterocycles. The molecule has 0 unspecified atom stereocenters. The van der Waals surface area contributed by atoms with Crippen molar-refractivity contribution >= 4 is 34.3 Å². The SMILES string of the molecule is CCOC(=O)C1=C(C)N=c2s/c(=C\c3cn(Cc4ccccc4)c4ccccc34)c(=O)n2[C@H]1c1cc(OC)c(OC)c(OC)c1. The van der Waals surface area contributed by atoms with Gasteiger partial charge >= 0.3 is 5.97 Å². The molecule has 9 nitrogen and oxygen atoms in total. The lowest BCUT2D eigenvalue weighted by Crippen LogP contribution is -2.40. The lowest BCUT2D eigenvalue weighted by atomic mass is 9.95. The van der Waals surface area contributed by atoms with Crippen LogP contribution >= 0.6 is 11.3 Å². The average molecular weight is 624 g/mol. The molecule has 2 aromatic heterocycles. The Balaban J connectivity index is 1.55. The van der Waals surface area contributed by atoms with Crippen molar-refractivity contribution in [3.05, 3.63) is 121 Å². The summed E-state index contributed by atoms with van der Waals surface area (Å²) in [4.78, 5) is 32.9. The zero-order valence-corrected chi connectivity index (χ0v) is 26.5. The van der Waals surface area contributed by atoms with Crippen molar-refractivity contribution in [2.45, 2.75) is 26.4 Å². The summed E-state index contributed by atoms with van der Waals surface area (Å²) in [5.74, 6) is 0.660. The Morgan fingerprint density at radius 1 is 0.978 bits per heavy atom. The molecule has 0 spiro atoms. The fourth-order valence-electron chi connectivity index (χ4n) is 5.81. The molecule has 10 heteroatoms. The van der Waals surface area contributed by atoms with Gasteiger partial charge in [-0.05, 0) is 49.2 Å². The molecule has 0 bridgehead atoms. The maximum Gasteiger partial charge on any atom is 0.338 e. The van der Waals surface area contributed by atoms with Crippen molar-refractivity contribution in [3.8, 4) is 17.2 Å². The molecular weight excluding hydrogens is 590 g/mol. The largest absolute Gasteiger partial charge is 0.493 e. The Labute approximate surface area is 263 Å². The molecule has 5 aromatic rings. The van der Waals surface area contributed by atoms with Crippen LogP contribution in [-0.2, 0) is 16.1 Å². The molecule has 0 radical (unpaired) electrons. The maximum absolute atomic E-state index is 14.3. The van der Waals surface area contributed by atoms with E-state index in [-0.39, 0.29) is 17.7 Å². The summed E-state index contributed by atoms with van der Waals surface area (Å²) in [6.07, 6.45) is 3.98. The quantitative estimate of drug-likeness (QED) is 0.219. The molecule has 6 rings (SSSR count). The van der Waals surface area contributed by atoms with Gasteiger partial charge in [0.15, 0.2) is 16.3 Å². The normalized spacial score (nSPS) is 14.7. The predicted molar refractivity (Wildman–Crippen MR) is 174 cm³/mol. The second kappa shape index (κ2) is 12.5. The van der Waals surface area contributed by atoms with E-state index < -0.39 is 12.0 Å². The van der Waals surface area contributed by atoms with Gasteiger partial charge < -0.3 is 23.5 Å². The van der Waals surface area contributed by atoms with Crippen LogP contribution in [0.3, 0.4) is 0 Å². The number of methoxy groups -OCH3 is 3. The third kappa shape index (κ3) is 5.42. The van der Waals surface area contributed by atoms with E-state index in [9.17, 15) is 9.59 Å². The highest BCUT2D eigenvalue weighted by Gasteiger charge is 2.34. The first kappa shape index (κ1) is 30.0. The molecule has 0 saturated heterocycles. The van der Waals surface area contributed by atoms with E-state index in [1.165, 1.54) is 38.2 Å². The third-order valence-corrected chi connectivity index (χ3v) is 8.80. The van der Waals surface area contributed by atoms with E-state index in [1.54, 1.807) is 30.5 Å². The average Bonchev–Trinajstić information content (AvgIpc) is 3.55. The molecule has 0 aliphatic carbocycles. The molecule has 0 fully saturated rings. The first-order chi connectivity index (χ1) is 21.9. The number of ether oxygens (including phenoxy) is 4. The van der Waals surface area contributed by atoms with Gasteiger partial charge in [-0.1, -0.05) is 59.9 Å². The number of thiazole rings is 1. The van der Waals surface area contributed by atoms with E-state index in [2.05, 4.69) is 35.0 Å². The van der Waals surface area contributed by atoms with Gasteiger partial charge in [-0.15, -0.1) is 0 Å². The minimum Gasteiger partial charge on any atom is -0.493 e. The monoisotopic (exact) mass is 623 g/mol. The number of esters is 1. The van der Waals surface area contributed by atoms with E-state index in [0.717, 1.165) is 16.5 Å². The van der Waals surface area contributed by atoms with Crippen molar-refractivity contribution in [2.24, 2.45) is 4.99 Å². The summed E-state index contributed by atoms with van der Waals surface area (Å²) in [6, 6.07) is 21.1. The molecule has 0 N–H and O–H groups in total. The molecule has 45 heavy (non-hydrogen) atoms. The molecule has 230 valence electrons. The zero-order valence-electron chi connectivity index (χ0n) is 25.7. The number of fused-ring (bicyclic) bond motifs is 2. The van der Waals surface area contributed by atoms with Crippen LogP contribution < -0.4 is 29.1 Å². The fraction of sp³-hybridized carbons (Fsp3) is 0.229. The van der Waals surface area contributed by atoms with E-state index >= 15 is 0 Å². The summed E-state index contributed by atoms with van der Waals surface area (Å²) in [5, 5.41) is 1.03. The second-order valence-corrected chi connectivity index (χ2v) is 11.5. The molecule has 1 atom stereocenters. The van der Waals surface area contributed by atoms with Crippen LogP contribution in [0.1, 0.15) is 36.6 Å². The molecule has 3 aromatic carbocycles. The number of nitrogens with zero attached hydrogens (tertiary/aromatic N) is 3. The number of benzene rings is 3. The van der Waals surface area contributed by atoms with Gasteiger partial charge in [-0.2, -0.15) is 0 Å². The minimum absolute atomic E-state index is 0.176. The van der Waals surface area contributed by atoms with Crippen LogP contribution in [0.25, 0.3) is 17.0 Å². The van der Waals surface area contributed by atoms with Crippen LogP contribution in [0, 0.1) is 0 Å². The fourth-order valence-corrected chi connectivity index (χ4v) is 6.85. The van der Waals surface area contributed by atoms with Crippen molar-refractivity contribution in [1.82, 2.24) is 9.13 Å². The number of para-hydroxylation sites is 1. The third-order valence-electron chi connectivity index (χ3n) is 7.82.